The third-order valence-corrected chi connectivity index (χ3v) is 4.83. The lowest BCUT2D eigenvalue weighted by molar-refractivity contribution is -0.115. The highest BCUT2D eigenvalue weighted by atomic mass is 79.9. The maximum Gasteiger partial charge on any atom is 0.269 e. The molecule has 1 amide bonds. The normalized spacial score (nSPS) is 11.2. The maximum atomic E-state index is 12.3. The number of hydrogen-bond donors (Lipinski definition) is 3. The van der Waals surface area contributed by atoms with E-state index in [0.29, 0.717) is 31.9 Å². The van der Waals surface area contributed by atoms with Crippen molar-refractivity contribution in [3.8, 4) is 11.5 Å². The van der Waals surface area contributed by atoms with Gasteiger partial charge in [0, 0.05) is 13.0 Å². The first-order chi connectivity index (χ1) is 14.1. The summed E-state index contributed by atoms with van der Waals surface area (Å²) in [6.45, 7) is 1.54. The minimum atomic E-state index is -0.402. The van der Waals surface area contributed by atoms with Gasteiger partial charge in [0.05, 0.1) is 18.2 Å². The molecule has 0 saturated carbocycles. The molecule has 2 aromatic carbocycles. The SMILES string of the molecule is COc1ccc(CCNC(=O)/C(Cc2ccc(OCCCN)c(Br)c2)=N/O)cc1. The number of nitrogens with one attached hydrogen (secondary N) is 1. The summed E-state index contributed by atoms with van der Waals surface area (Å²) in [6, 6.07) is 13.1. The fourth-order valence-corrected chi connectivity index (χ4v) is 3.15. The molecule has 0 aromatic heterocycles. The second kappa shape index (κ2) is 12.1. The number of rotatable bonds is 11. The molecule has 156 valence electrons. The van der Waals surface area contributed by atoms with Gasteiger partial charge in [-0.3, -0.25) is 4.79 Å². The molecule has 0 aliphatic carbocycles. The number of ether oxygens (including phenoxy) is 2. The number of carbonyl (C=O) groups excluding carboxylic acids is 1. The molecule has 0 fully saturated rings. The van der Waals surface area contributed by atoms with Crippen molar-refractivity contribution in [1.82, 2.24) is 5.32 Å². The van der Waals surface area contributed by atoms with Gasteiger partial charge in [-0.1, -0.05) is 23.4 Å². The number of halogens is 1. The van der Waals surface area contributed by atoms with Gasteiger partial charge < -0.3 is 25.7 Å². The van der Waals surface area contributed by atoms with Crippen molar-refractivity contribution in [3.05, 3.63) is 58.1 Å². The summed E-state index contributed by atoms with van der Waals surface area (Å²) in [6.07, 6.45) is 1.63. The highest BCUT2D eigenvalue weighted by Gasteiger charge is 2.14. The van der Waals surface area contributed by atoms with Gasteiger partial charge in [-0.25, -0.2) is 0 Å². The van der Waals surface area contributed by atoms with Crippen molar-refractivity contribution in [1.29, 1.82) is 0 Å². The Hall–Kier alpha value is -2.58. The van der Waals surface area contributed by atoms with Gasteiger partial charge in [0.15, 0.2) is 0 Å². The number of nitrogens with two attached hydrogens (primary N) is 1. The van der Waals surface area contributed by atoms with Crippen LogP contribution in [0.15, 0.2) is 52.1 Å². The first kappa shape index (κ1) is 22.7. The number of carbonyl (C=O) groups is 1. The van der Waals surface area contributed by atoms with E-state index in [-0.39, 0.29) is 12.1 Å². The van der Waals surface area contributed by atoms with E-state index >= 15 is 0 Å². The van der Waals surface area contributed by atoms with Gasteiger partial charge in [0.2, 0.25) is 0 Å². The van der Waals surface area contributed by atoms with Crippen molar-refractivity contribution < 1.29 is 19.5 Å². The smallest absolute Gasteiger partial charge is 0.269 e. The molecule has 0 unspecified atom stereocenters. The van der Waals surface area contributed by atoms with Gasteiger partial charge in [-0.2, -0.15) is 0 Å². The molecule has 2 rings (SSSR count). The van der Waals surface area contributed by atoms with Crippen molar-refractivity contribution in [3.63, 3.8) is 0 Å². The van der Waals surface area contributed by atoms with Gasteiger partial charge in [0.1, 0.15) is 17.2 Å². The molecular formula is C21H26BrN3O4. The molecule has 0 aliphatic heterocycles. The van der Waals surface area contributed by atoms with Crippen LogP contribution in [-0.4, -0.2) is 43.6 Å². The second-order valence-electron chi connectivity index (χ2n) is 6.33. The summed E-state index contributed by atoms with van der Waals surface area (Å²) in [5, 5.41) is 15.2. The molecule has 0 radical (unpaired) electrons. The minimum absolute atomic E-state index is 0.0448. The molecule has 0 aliphatic rings. The standard InChI is InChI=1S/C21H26BrN3O4/c1-28-17-6-3-15(4-7-17)9-11-24-21(26)19(25-27)14-16-5-8-20(18(22)13-16)29-12-2-10-23/h3-8,13,27H,2,9-12,14,23H2,1H3,(H,24,26)/b25-19+. The third-order valence-electron chi connectivity index (χ3n) is 4.21. The van der Waals surface area contributed by atoms with Crippen molar-refractivity contribution in [2.75, 3.05) is 26.8 Å². The van der Waals surface area contributed by atoms with Crippen LogP contribution in [0.5, 0.6) is 11.5 Å². The Balaban J connectivity index is 1.86. The molecule has 0 spiro atoms. The number of oxime groups is 1. The summed E-state index contributed by atoms with van der Waals surface area (Å²) in [7, 11) is 1.62. The first-order valence-electron chi connectivity index (χ1n) is 9.30. The Morgan fingerprint density at radius 2 is 1.93 bits per heavy atom. The maximum absolute atomic E-state index is 12.3. The predicted molar refractivity (Wildman–Crippen MR) is 116 cm³/mol. The zero-order valence-corrected chi connectivity index (χ0v) is 17.9. The highest BCUT2D eigenvalue weighted by Crippen LogP contribution is 2.26. The van der Waals surface area contributed by atoms with E-state index in [1.165, 1.54) is 0 Å². The van der Waals surface area contributed by atoms with Crippen molar-refractivity contribution in [2.24, 2.45) is 10.9 Å². The molecule has 0 atom stereocenters. The largest absolute Gasteiger partial charge is 0.497 e. The van der Waals surface area contributed by atoms with Crippen molar-refractivity contribution >= 4 is 27.5 Å². The summed E-state index contributed by atoms with van der Waals surface area (Å²) in [5.41, 5.74) is 7.40. The monoisotopic (exact) mass is 463 g/mol. The highest BCUT2D eigenvalue weighted by molar-refractivity contribution is 9.10. The fraction of sp³-hybridized carbons (Fsp3) is 0.333. The molecule has 0 heterocycles. The fourth-order valence-electron chi connectivity index (χ4n) is 2.61. The van der Waals surface area contributed by atoms with Crippen LogP contribution < -0.4 is 20.5 Å². The molecule has 4 N–H and O–H groups in total. The summed E-state index contributed by atoms with van der Waals surface area (Å²) >= 11 is 3.46. The van der Waals surface area contributed by atoms with Crippen molar-refractivity contribution in [2.45, 2.75) is 19.3 Å². The van der Waals surface area contributed by atoms with Gasteiger partial charge in [0.25, 0.3) is 5.91 Å². The Bertz CT molecular complexity index is 825. The van der Waals surface area contributed by atoms with Crippen LogP contribution in [0.4, 0.5) is 0 Å². The minimum Gasteiger partial charge on any atom is -0.497 e. The van der Waals surface area contributed by atoms with Crippen LogP contribution in [0.3, 0.4) is 0 Å². The molecule has 29 heavy (non-hydrogen) atoms. The molecule has 8 heteroatoms. The second-order valence-corrected chi connectivity index (χ2v) is 7.19. The summed E-state index contributed by atoms with van der Waals surface area (Å²) in [4.78, 5) is 12.3. The van der Waals surface area contributed by atoms with E-state index in [0.717, 1.165) is 27.8 Å². The average molecular weight is 464 g/mol. The summed E-state index contributed by atoms with van der Waals surface area (Å²) in [5.74, 6) is 1.09. The number of methoxy groups -OCH3 is 1. The van der Waals surface area contributed by atoms with Crippen LogP contribution in [0.2, 0.25) is 0 Å². The zero-order chi connectivity index (χ0) is 21.1. The average Bonchev–Trinajstić information content (AvgIpc) is 2.74. The Morgan fingerprint density at radius 3 is 2.55 bits per heavy atom. The van der Waals surface area contributed by atoms with Crippen LogP contribution in [0.25, 0.3) is 0 Å². The number of amides is 1. The molecule has 0 saturated heterocycles. The lowest BCUT2D eigenvalue weighted by atomic mass is 10.1. The topological polar surface area (TPSA) is 106 Å². The third kappa shape index (κ3) is 7.40. The molecule has 7 nitrogen and oxygen atoms in total. The first-order valence-corrected chi connectivity index (χ1v) is 10.1. The Labute approximate surface area is 179 Å². The lowest BCUT2D eigenvalue weighted by Crippen LogP contribution is -2.33. The summed E-state index contributed by atoms with van der Waals surface area (Å²) < 4.78 is 11.5. The van der Waals surface area contributed by atoms with E-state index in [2.05, 4.69) is 26.4 Å². The van der Waals surface area contributed by atoms with Crippen LogP contribution in [0, 0.1) is 0 Å². The van der Waals surface area contributed by atoms with Crippen LogP contribution in [-0.2, 0) is 17.6 Å². The number of benzene rings is 2. The van der Waals surface area contributed by atoms with E-state index in [9.17, 15) is 10.0 Å². The molecular weight excluding hydrogens is 438 g/mol. The predicted octanol–water partition coefficient (Wildman–Crippen LogP) is 2.92. The van der Waals surface area contributed by atoms with E-state index < -0.39 is 5.91 Å². The Kier molecular flexibility index (Phi) is 9.46. The van der Waals surface area contributed by atoms with Gasteiger partial charge in [-0.05, 0) is 70.7 Å². The van der Waals surface area contributed by atoms with E-state index in [4.69, 9.17) is 15.2 Å². The number of hydrogen-bond acceptors (Lipinski definition) is 6. The van der Waals surface area contributed by atoms with Gasteiger partial charge in [-0.15, -0.1) is 0 Å². The van der Waals surface area contributed by atoms with Gasteiger partial charge >= 0.3 is 0 Å². The number of nitrogens with zero attached hydrogens (tertiary/aromatic N) is 1. The lowest BCUT2D eigenvalue weighted by Gasteiger charge is -2.10. The zero-order valence-electron chi connectivity index (χ0n) is 16.4. The Morgan fingerprint density at radius 1 is 1.21 bits per heavy atom. The van der Waals surface area contributed by atoms with E-state index in [1.54, 1.807) is 7.11 Å². The molecule has 2 aromatic rings. The van der Waals surface area contributed by atoms with Crippen LogP contribution in [0.1, 0.15) is 17.5 Å². The molecule has 0 bridgehead atoms. The van der Waals surface area contributed by atoms with Crippen LogP contribution >= 0.6 is 15.9 Å². The van der Waals surface area contributed by atoms with E-state index in [1.807, 2.05) is 42.5 Å². The quantitative estimate of drug-likeness (QED) is 0.205.